The van der Waals surface area contributed by atoms with Gasteiger partial charge in [-0.1, -0.05) is 30.3 Å². The number of ether oxygens (including phenoxy) is 1. The van der Waals surface area contributed by atoms with Crippen molar-refractivity contribution in [3.05, 3.63) is 79.0 Å². The molecule has 0 radical (unpaired) electrons. The Kier molecular flexibility index (Phi) is 4.26. The van der Waals surface area contributed by atoms with E-state index in [0.29, 0.717) is 5.56 Å². The minimum atomic E-state index is -0.0116. The summed E-state index contributed by atoms with van der Waals surface area (Å²) in [6, 6.07) is 21.9. The van der Waals surface area contributed by atoms with Gasteiger partial charge in [0, 0.05) is 17.2 Å². The van der Waals surface area contributed by atoms with Crippen molar-refractivity contribution < 1.29 is 14.9 Å². The molecule has 0 saturated heterocycles. The lowest BCUT2D eigenvalue weighted by molar-refractivity contribution is 0.415. The van der Waals surface area contributed by atoms with Crippen LogP contribution in [0.1, 0.15) is 0 Å². The molecule has 1 heterocycles. The second kappa shape index (κ2) is 6.88. The summed E-state index contributed by atoms with van der Waals surface area (Å²) in [5.41, 5.74) is 4.01. The summed E-state index contributed by atoms with van der Waals surface area (Å²) in [7, 11) is 1.63. The van der Waals surface area contributed by atoms with E-state index in [1.807, 2.05) is 54.6 Å². The Balaban J connectivity index is 1.95. The fraction of sp³-hybridized carbons (Fsp3) is 0.0455. The van der Waals surface area contributed by atoms with Gasteiger partial charge in [0.05, 0.1) is 24.7 Å². The van der Waals surface area contributed by atoms with Crippen LogP contribution in [-0.2, 0) is 0 Å². The van der Waals surface area contributed by atoms with Gasteiger partial charge < -0.3 is 14.9 Å². The molecule has 0 spiro atoms. The van der Waals surface area contributed by atoms with Crippen LogP contribution in [0.4, 0.5) is 0 Å². The van der Waals surface area contributed by atoms with Crippen molar-refractivity contribution >= 4 is 0 Å². The molecule has 134 valence electrons. The van der Waals surface area contributed by atoms with Crippen LogP contribution in [0.25, 0.3) is 28.1 Å². The Labute approximate surface area is 156 Å². The molecule has 27 heavy (non-hydrogen) atoms. The predicted octanol–water partition coefficient (Wildman–Crippen LogP) is 4.63. The molecule has 0 atom stereocenters. The lowest BCUT2D eigenvalue weighted by Crippen LogP contribution is -1.99. The molecular weight excluding hydrogens is 340 g/mol. The Hall–Kier alpha value is -3.73. The fourth-order valence-corrected chi connectivity index (χ4v) is 3.07. The summed E-state index contributed by atoms with van der Waals surface area (Å²) in [6.07, 6.45) is 1.77. The van der Waals surface area contributed by atoms with Gasteiger partial charge in [0.15, 0.2) is 0 Å². The lowest BCUT2D eigenvalue weighted by atomic mass is 10.0. The van der Waals surface area contributed by atoms with Gasteiger partial charge in [-0.15, -0.1) is 0 Å². The minimum absolute atomic E-state index is 0.00743. The molecule has 0 fully saturated rings. The highest BCUT2D eigenvalue weighted by Gasteiger charge is 2.19. The number of phenolic OH excluding ortho intramolecular Hbond substituents is 2. The number of methoxy groups -OCH3 is 1. The largest absolute Gasteiger partial charge is 0.508 e. The van der Waals surface area contributed by atoms with Crippen LogP contribution in [-0.4, -0.2) is 27.1 Å². The lowest BCUT2D eigenvalue weighted by Gasteiger charge is -2.12. The first-order valence-corrected chi connectivity index (χ1v) is 8.47. The maximum Gasteiger partial charge on any atom is 0.128 e. The van der Waals surface area contributed by atoms with Crippen LogP contribution in [0.3, 0.4) is 0 Å². The highest BCUT2D eigenvalue weighted by Crippen LogP contribution is 2.39. The van der Waals surface area contributed by atoms with Gasteiger partial charge in [-0.3, -0.25) is 0 Å². The Morgan fingerprint density at radius 1 is 0.852 bits per heavy atom. The zero-order valence-electron chi connectivity index (χ0n) is 14.7. The van der Waals surface area contributed by atoms with Gasteiger partial charge in [-0.25, -0.2) is 4.68 Å². The van der Waals surface area contributed by atoms with Gasteiger partial charge >= 0.3 is 0 Å². The highest BCUT2D eigenvalue weighted by molar-refractivity contribution is 5.85. The zero-order valence-corrected chi connectivity index (χ0v) is 14.7. The number of nitrogens with zero attached hydrogens (tertiary/aromatic N) is 2. The van der Waals surface area contributed by atoms with Crippen LogP contribution in [0.5, 0.6) is 17.2 Å². The smallest absolute Gasteiger partial charge is 0.128 e. The van der Waals surface area contributed by atoms with E-state index in [0.717, 1.165) is 28.3 Å². The van der Waals surface area contributed by atoms with Gasteiger partial charge in [-0.2, -0.15) is 5.10 Å². The molecular formula is C22H18N2O3. The topological polar surface area (TPSA) is 67.5 Å². The summed E-state index contributed by atoms with van der Waals surface area (Å²) in [4.78, 5) is 0. The molecule has 4 rings (SSSR count). The monoisotopic (exact) mass is 358 g/mol. The van der Waals surface area contributed by atoms with Gasteiger partial charge in [0.25, 0.3) is 0 Å². The second-order valence-electron chi connectivity index (χ2n) is 6.08. The number of rotatable bonds is 4. The van der Waals surface area contributed by atoms with Gasteiger partial charge in [0.1, 0.15) is 17.2 Å². The first kappa shape index (κ1) is 16.7. The average molecular weight is 358 g/mol. The van der Waals surface area contributed by atoms with Crippen molar-refractivity contribution in [2.75, 3.05) is 7.11 Å². The third-order valence-corrected chi connectivity index (χ3v) is 4.41. The van der Waals surface area contributed by atoms with Crippen LogP contribution in [0.15, 0.2) is 79.0 Å². The van der Waals surface area contributed by atoms with Crippen LogP contribution >= 0.6 is 0 Å². The van der Waals surface area contributed by atoms with Crippen molar-refractivity contribution in [2.45, 2.75) is 0 Å². The van der Waals surface area contributed by atoms with E-state index < -0.39 is 0 Å². The normalized spacial score (nSPS) is 10.7. The van der Waals surface area contributed by atoms with Gasteiger partial charge in [0.2, 0.25) is 0 Å². The average Bonchev–Trinajstić information content (AvgIpc) is 3.13. The first-order chi connectivity index (χ1) is 13.2. The summed E-state index contributed by atoms with van der Waals surface area (Å²) >= 11 is 0. The third kappa shape index (κ3) is 3.11. The highest BCUT2D eigenvalue weighted by atomic mass is 16.5. The number of hydrogen-bond acceptors (Lipinski definition) is 4. The summed E-state index contributed by atoms with van der Waals surface area (Å²) in [5, 5.41) is 24.7. The zero-order chi connectivity index (χ0) is 18.8. The summed E-state index contributed by atoms with van der Waals surface area (Å²) < 4.78 is 7.02. The van der Waals surface area contributed by atoms with E-state index in [1.54, 1.807) is 30.1 Å². The van der Waals surface area contributed by atoms with E-state index in [1.165, 1.54) is 6.07 Å². The third-order valence-electron chi connectivity index (χ3n) is 4.41. The Morgan fingerprint density at radius 3 is 2.26 bits per heavy atom. The SMILES string of the molecule is COc1ccc(-c2cnn(-c3ccccc3)c2-c2ccc(O)cc2O)cc1. The molecule has 5 nitrogen and oxygen atoms in total. The predicted molar refractivity (Wildman–Crippen MR) is 104 cm³/mol. The molecule has 0 aliphatic carbocycles. The molecule has 0 bridgehead atoms. The van der Waals surface area contributed by atoms with Crippen molar-refractivity contribution in [3.8, 4) is 45.3 Å². The van der Waals surface area contributed by atoms with E-state index in [4.69, 9.17) is 4.74 Å². The Morgan fingerprint density at radius 2 is 1.59 bits per heavy atom. The molecule has 5 heteroatoms. The van der Waals surface area contributed by atoms with Crippen molar-refractivity contribution in [1.29, 1.82) is 0 Å². The maximum atomic E-state index is 10.5. The van der Waals surface area contributed by atoms with Crippen LogP contribution in [0, 0.1) is 0 Å². The molecule has 0 saturated carbocycles. The molecule has 0 aliphatic rings. The van der Waals surface area contributed by atoms with E-state index in [-0.39, 0.29) is 11.5 Å². The van der Waals surface area contributed by atoms with E-state index in [9.17, 15) is 10.2 Å². The molecule has 3 aromatic carbocycles. The molecule has 2 N–H and O–H groups in total. The Bertz CT molecular complexity index is 1070. The number of phenols is 2. The van der Waals surface area contributed by atoms with Gasteiger partial charge in [-0.05, 0) is 42.0 Å². The van der Waals surface area contributed by atoms with E-state index in [2.05, 4.69) is 5.10 Å². The van der Waals surface area contributed by atoms with Crippen molar-refractivity contribution in [3.63, 3.8) is 0 Å². The molecule has 0 unspecified atom stereocenters. The maximum absolute atomic E-state index is 10.5. The first-order valence-electron chi connectivity index (χ1n) is 8.47. The molecule has 0 aliphatic heterocycles. The fourth-order valence-electron chi connectivity index (χ4n) is 3.07. The minimum Gasteiger partial charge on any atom is -0.508 e. The molecule has 4 aromatic rings. The second-order valence-corrected chi connectivity index (χ2v) is 6.08. The standard InChI is InChI=1S/C22H18N2O3/c1-27-18-10-7-15(8-11-18)20-14-23-24(16-5-3-2-4-6-16)22(20)19-12-9-17(25)13-21(19)26/h2-14,25-26H,1H3. The van der Waals surface area contributed by atoms with Crippen molar-refractivity contribution in [2.24, 2.45) is 0 Å². The van der Waals surface area contributed by atoms with Crippen LogP contribution in [0.2, 0.25) is 0 Å². The number of aromatic hydroxyl groups is 2. The van der Waals surface area contributed by atoms with E-state index >= 15 is 0 Å². The summed E-state index contributed by atoms with van der Waals surface area (Å²) in [5.74, 6) is 0.763. The summed E-state index contributed by atoms with van der Waals surface area (Å²) in [6.45, 7) is 0. The molecule has 1 aromatic heterocycles. The number of para-hydroxylation sites is 1. The quantitative estimate of drug-likeness (QED) is 0.558. The van der Waals surface area contributed by atoms with Crippen LogP contribution < -0.4 is 4.74 Å². The molecule has 0 amide bonds. The number of hydrogen-bond donors (Lipinski definition) is 2. The van der Waals surface area contributed by atoms with Crippen molar-refractivity contribution in [1.82, 2.24) is 9.78 Å². The number of benzene rings is 3. The number of aromatic nitrogens is 2.